The molecule has 0 saturated carbocycles. The zero-order chi connectivity index (χ0) is 17.5. The van der Waals surface area contributed by atoms with Crippen LogP contribution in [0.3, 0.4) is 0 Å². The first-order chi connectivity index (χ1) is 11.5. The molecule has 0 aromatic heterocycles. The number of aryl methyl sites for hydroxylation is 2. The molecule has 5 heteroatoms. The Bertz CT molecular complexity index is 758. The van der Waals surface area contributed by atoms with E-state index in [1.165, 1.54) is 12.1 Å². The lowest BCUT2D eigenvalue weighted by Gasteiger charge is -2.08. The molecule has 0 aliphatic rings. The van der Waals surface area contributed by atoms with Crippen molar-refractivity contribution in [1.29, 1.82) is 5.26 Å². The molecule has 24 heavy (non-hydrogen) atoms. The standard InChI is InChI=1S/C19H16F3NO/c1-2-3-8-24-15-7-6-14(17(20)11-15)5-4-13-9-18(21)16(12-23)19(22)10-13/h2,6-7,9-11H,1,3-5,8H2. The molecule has 0 spiro atoms. The zero-order valence-electron chi connectivity index (χ0n) is 13.0. The Morgan fingerprint density at radius 1 is 1.04 bits per heavy atom. The van der Waals surface area contributed by atoms with Gasteiger partial charge in [0, 0.05) is 6.07 Å². The lowest BCUT2D eigenvalue weighted by Crippen LogP contribution is -2.00. The monoisotopic (exact) mass is 331 g/mol. The molecule has 2 rings (SSSR count). The van der Waals surface area contributed by atoms with Gasteiger partial charge in [-0.05, 0) is 48.6 Å². The molecular formula is C19H16F3NO. The summed E-state index contributed by atoms with van der Waals surface area (Å²) in [6.45, 7) is 4.00. The molecule has 0 aliphatic carbocycles. The van der Waals surface area contributed by atoms with Crippen LogP contribution in [0.25, 0.3) is 0 Å². The van der Waals surface area contributed by atoms with E-state index in [-0.39, 0.29) is 12.8 Å². The van der Waals surface area contributed by atoms with Crippen LogP contribution in [0.15, 0.2) is 43.0 Å². The highest BCUT2D eigenvalue weighted by Crippen LogP contribution is 2.20. The third kappa shape index (κ3) is 4.39. The fraction of sp³-hybridized carbons (Fsp3) is 0.211. The fourth-order valence-corrected chi connectivity index (χ4v) is 2.24. The van der Waals surface area contributed by atoms with Crippen molar-refractivity contribution in [3.63, 3.8) is 0 Å². The van der Waals surface area contributed by atoms with E-state index in [1.807, 2.05) is 0 Å². The van der Waals surface area contributed by atoms with E-state index >= 15 is 0 Å². The summed E-state index contributed by atoms with van der Waals surface area (Å²) >= 11 is 0. The second-order valence-corrected chi connectivity index (χ2v) is 5.23. The largest absolute Gasteiger partial charge is 0.493 e. The number of hydrogen-bond acceptors (Lipinski definition) is 2. The lowest BCUT2D eigenvalue weighted by molar-refractivity contribution is 0.323. The molecule has 2 aromatic rings. The van der Waals surface area contributed by atoms with Gasteiger partial charge in [-0.25, -0.2) is 13.2 Å². The number of halogens is 3. The van der Waals surface area contributed by atoms with Gasteiger partial charge in [0.05, 0.1) is 6.61 Å². The van der Waals surface area contributed by atoms with E-state index in [0.29, 0.717) is 29.9 Å². The molecule has 2 nitrogen and oxygen atoms in total. The molecular weight excluding hydrogens is 315 g/mol. The molecule has 0 heterocycles. The van der Waals surface area contributed by atoms with Crippen LogP contribution in [-0.2, 0) is 12.8 Å². The molecule has 0 saturated heterocycles. The predicted octanol–water partition coefficient (Wildman–Crippen LogP) is 4.72. The Balaban J connectivity index is 2.04. The summed E-state index contributed by atoms with van der Waals surface area (Å²) < 4.78 is 46.5. The SMILES string of the molecule is C=CCCOc1ccc(CCc2cc(F)c(C#N)c(F)c2)c(F)c1. The molecule has 124 valence electrons. The molecule has 0 unspecified atom stereocenters. The smallest absolute Gasteiger partial charge is 0.144 e. The highest BCUT2D eigenvalue weighted by molar-refractivity contribution is 5.36. The Morgan fingerprint density at radius 2 is 1.75 bits per heavy atom. The van der Waals surface area contributed by atoms with Crippen molar-refractivity contribution >= 4 is 0 Å². The molecule has 2 aromatic carbocycles. The number of ether oxygens (including phenoxy) is 1. The van der Waals surface area contributed by atoms with Gasteiger partial charge >= 0.3 is 0 Å². The minimum Gasteiger partial charge on any atom is -0.493 e. The Kier molecular flexibility index (Phi) is 6.02. The average Bonchev–Trinajstić information content (AvgIpc) is 2.54. The van der Waals surface area contributed by atoms with Crippen molar-refractivity contribution in [3.8, 4) is 11.8 Å². The number of hydrogen-bond donors (Lipinski definition) is 0. The summed E-state index contributed by atoms with van der Waals surface area (Å²) in [6.07, 6.45) is 2.91. The van der Waals surface area contributed by atoms with E-state index in [0.717, 1.165) is 12.1 Å². The second kappa shape index (κ2) is 8.21. The topological polar surface area (TPSA) is 33.0 Å². The molecule has 0 bridgehead atoms. The van der Waals surface area contributed by atoms with E-state index in [1.54, 1.807) is 18.2 Å². The lowest BCUT2D eigenvalue weighted by atomic mass is 10.0. The summed E-state index contributed by atoms with van der Waals surface area (Å²) in [6, 6.07) is 8.21. The minimum atomic E-state index is -0.904. The Morgan fingerprint density at radius 3 is 2.33 bits per heavy atom. The highest BCUT2D eigenvalue weighted by Gasteiger charge is 2.11. The van der Waals surface area contributed by atoms with Crippen molar-refractivity contribution in [1.82, 2.24) is 0 Å². The third-order valence-corrected chi connectivity index (χ3v) is 3.51. The summed E-state index contributed by atoms with van der Waals surface area (Å²) in [5.74, 6) is -1.81. The van der Waals surface area contributed by atoms with Crippen LogP contribution < -0.4 is 4.74 Å². The first-order valence-electron chi connectivity index (χ1n) is 7.45. The van der Waals surface area contributed by atoms with Crippen molar-refractivity contribution in [2.45, 2.75) is 19.3 Å². The summed E-state index contributed by atoms with van der Waals surface area (Å²) in [5, 5.41) is 8.64. The molecule has 0 amide bonds. The van der Waals surface area contributed by atoms with Crippen LogP contribution >= 0.6 is 0 Å². The van der Waals surface area contributed by atoms with Crippen LogP contribution in [0.4, 0.5) is 13.2 Å². The van der Waals surface area contributed by atoms with Crippen LogP contribution in [0, 0.1) is 28.8 Å². The number of benzene rings is 2. The maximum atomic E-state index is 14.0. The van der Waals surface area contributed by atoms with Gasteiger partial charge in [0.15, 0.2) is 0 Å². The van der Waals surface area contributed by atoms with Crippen molar-refractivity contribution in [2.24, 2.45) is 0 Å². The number of nitrogens with zero attached hydrogens (tertiary/aromatic N) is 1. The molecule has 0 aliphatic heterocycles. The maximum Gasteiger partial charge on any atom is 0.144 e. The van der Waals surface area contributed by atoms with Crippen molar-refractivity contribution < 1.29 is 17.9 Å². The van der Waals surface area contributed by atoms with Gasteiger partial charge in [0.2, 0.25) is 0 Å². The first kappa shape index (κ1) is 17.6. The molecule has 0 radical (unpaired) electrons. The van der Waals surface area contributed by atoms with Gasteiger partial charge in [0.25, 0.3) is 0 Å². The van der Waals surface area contributed by atoms with E-state index in [4.69, 9.17) is 10.00 Å². The predicted molar refractivity (Wildman–Crippen MR) is 85.2 cm³/mol. The molecule has 0 fully saturated rings. The Labute approximate surface area is 138 Å². The number of rotatable bonds is 7. The molecule has 0 N–H and O–H groups in total. The summed E-state index contributed by atoms with van der Waals surface area (Å²) in [5.41, 5.74) is 0.192. The minimum absolute atomic E-state index is 0.257. The average molecular weight is 331 g/mol. The van der Waals surface area contributed by atoms with Gasteiger partial charge in [-0.3, -0.25) is 0 Å². The van der Waals surface area contributed by atoms with E-state index < -0.39 is 23.0 Å². The Hall–Kier alpha value is -2.74. The maximum absolute atomic E-state index is 14.0. The van der Waals surface area contributed by atoms with Gasteiger partial charge in [0.1, 0.15) is 34.8 Å². The van der Waals surface area contributed by atoms with E-state index in [2.05, 4.69) is 6.58 Å². The van der Waals surface area contributed by atoms with Crippen molar-refractivity contribution in [3.05, 3.63) is 77.1 Å². The van der Waals surface area contributed by atoms with Crippen LogP contribution in [0.1, 0.15) is 23.1 Å². The van der Waals surface area contributed by atoms with Gasteiger partial charge in [-0.2, -0.15) is 5.26 Å². The summed E-state index contributed by atoms with van der Waals surface area (Å²) in [4.78, 5) is 0. The summed E-state index contributed by atoms with van der Waals surface area (Å²) in [7, 11) is 0. The normalized spacial score (nSPS) is 10.2. The van der Waals surface area contributed by atoms with Gasteiger partial charge in [-0.15, -0.1) is 6.58 Å². The van der Waals surface area contributed by atoms with Crippen LogP contribution in [-0.4, -0.2) is 6.61 Å². The fourth-order valence-electron chi connectivity index (χ4n) is 2.24. The zero-order valence-corrected chi connectivity index (χ0v) is 13.0. The molecule has 0 atom stereocenters. The van der Waals surface area contributed by atoms with Gasteiger partial charge in [-0.1, -0.05) is 12.1 Å². The van der Waals surface area contributed by atoms with E-state index in [9.17, 15) is 13.2 Å². The highest BCUT2D eigenvalue weighted by atomic mass is 19.1. The first-order valence-corrected chi connectivity index (χ1v) is 7.45. The van der Waals surface area contributed by atoms with Crippen LogP contribution in [0.5, 0.6) is 5.75 Å². The number of nitriles is 1. The third-order valence-electron chi connectivity index (χ3n) is 3.51. The van der Waals surface area contributed by atoms with Crippen molar-refractivity contribution in [2.75, 3.05) is 6.61 Å². The quantitative estimate of drug-likeness (QED) is 0.543. The second-order valence-electron chi connectivity index (χ2n) is 5.23. The van der Waals surface area contributed by atoms with Crippen LogP contribution in [0.2, 0.25) is 0 Å². The van der Waals surface area contributed by atoms with Gasteiger partial charge < -0.3 is 4.74 Å².